The van der Waals surface area contributed by atoms with Crippen molar-refractivity contribution in [3.63, 3.8) is 0 Å². The molecule has 0 aromatic rings. The standard InChI is InChI=1S/C8H16ClNO4S/c1-2-14-8(11)4-6-10-15(12,13)7-3-5-9/h10H,2-7H2,1H3. The van der Waals surface area contributed by atoms with Crippen LogP contribution in [0.15, 0.2) is 0 Å². The van der Waals surface area contributed by atoms with Gasteiger partial charge in [-0.25, -0.2) is 13.1 Å². The highest BCUT2D eigenvalue weighted by Gasteiger charge is 2.10. The van der Waals surface area contributed by atoms with E-state index in [4.69, 9.17) is 11.6 Å². The van der Waals surface area contributed by atoms with E-state index in [2.05, 4.69) is 9.46 Å². The van der Waals surface area contributed by atoms with Crippen molar-refractivity contribution in [2.75, 3.05) is 24.8 Å². The number of alkyl halides is 1. The van der Waals surface area contributed by atoms with E-state index >= 15 is 0 Å². The molecule has 0 aromatic heterocycles. The number of rotatable bonds is 8. The van der Waals surface area contributed by atoms with Crippen molar-refractivity contribution in [1.29, 1.82) is 0 Å². The second kappa shape index (κ2) is 7.90. The predicted octanol–water partition coefficient (Wildman–Crippen LogP) is 0.488. The number of esters is 1. The number of carbonyl (C=O) groups excluding carboxylic acids is 1. The van der Waals surface area contributed by atoms with Crippen molar-refractivity contribution in [2.45, 2.75) is 19.8 Å². The molecule has 0 amide bonds. The largest absolute Gasteiger partial charge is 0.466 e. The van der Waals surface area contributed by atoms with Crippen molar-refractivity contribution in [1.82, 2.24) is 4.72 Å². The molecule has 0 spiro atoms. The molecule has 0 aliphatic rings. The number of carbonyl (C=O) groups is 1. The topological polar surface area (TPSA) is 72.5 Å². The Morgan fingerprint density at radius 3 is 2.67 bits per heavy atom. The minimum atomic E-state index is -3.30. The van der Waals surface area contributed by atoms with Crippen LogP contribution < -0.4 is 4.72 Å². The van der Waals surface area contributed by atoms with Crippen molar-refractivity contribution in [3.05, 3.63) is 0 Å². The fourth-order valence-corrected chi connectivity index (χ4v) is 2.23. The Balaban J connectivity index is 3.70. The first-order valence-corrected chi connectivity index (χ1v) is 6.89. The lowest BCUT2D eigenvalue weighted by molar-refractivity contribution is -0.142. The van der Waals surface area contributed by atoms with E-state index in [1.807, 2.05) is 0 Å². The number of sulfonamides is 1. The molecular formula is C8H16ClNO4S. The smallest absolute Gasteiger partial charge is 0.307 e. The summed E-state index contributed by atoms with van der Waals surface area (Å²) in [6.45, 7) is 2.07. The summed E-state index contributed by atoms with van der Waals surface area (Å²) in [7, 11) is -3.30. The highest BCUT2D eigenvalue weighted by atomic mass is 35.5. The van der Waals surface area contributed by atoms with E-state index in [-0.39, 0.29) is 18.7 Å². The molecule has 90 valence electrons. The van der Waals surface area contributed by atoms with E-state index in [0.717, 1.165) is 0 Å². The Morgan fingerprint density at radius 2 is 2.13 bits per heavy atom. The minimum Gasteiger partial charge on any atom is -0.466 e. The van der Waals surface area contributed by atoms with Gasteiger partial charge in [0.1, 0.15) is 0 Å². The van der Waals surface area contributed by atoms with Gasteiger partial charge in [0.15, 0.2) is 0 Å². The molecule has 0 heterocycles. The molecule has 0 saturated heterocycles. The second-order valence-corrected chi connectivity index (χ2v) is 5.12. The third-order valence-corrected chi connectivity index (χ3v) is 3.24. The van der Waals surface area contributed by atoms with Gasteiger partial charge in [-0.1, -0.05) is 0 Å². The van der Waals surface area contributed by atoms with Gasteiger partial charge in [-0.2, -0.15) is 0 Å². The Hall–Kier alpha value is -0.330. The third kappa shape index (κ3) is 8.65. The molecule has 1 N–H and O–H groups in total. The number of hydrogen-bond donors (Lipinski definition) is 1. The zero-order valence-corrected chi connectivity index (χ0v) is 10.2. The average Bonchev–Trinajstić information content (AvgIpc) is 2.15. The van der Waals surface area contributed by atoms with Gasteiger partial charge >= 0.3 is 5.97 Å². The molecule has 0 atom stereocenters. The SMILES string of the molecule is CCOC(=O)CCNS(=O)(=O)CCCCl. The molecule has 0 aliphatic carbocycles. The fourth-order valence-electron chi connectivity index (χ4n) is 0.858. The first kappa shape index (κ1) is 14.7. The lowest BCUT2D eigenvalue weighted by Gasteiger charge is -2.05. The Bertz CT molecular complexity index is 278. The van der Waals surface area contributed by atoms with Crippen LogP contribution in [0.5, 0.6) is 0 Å². The van der Waals surface area contributed by atoms with Gasteiger partial charge in [0.25, 0.3) is 0 Å². The van der Waals surface area contributed by atoms with Crippen molar-refractivity contribution in [2.24, 2.45) is 0 Å². The van der Waals surface area contributed by atoms with E-state index in [1.54, 1.807) is 6.92 Å². The van der Waals surface area contributed by atoms with Crippen LogP contribution in [-0.2, 0) is 19.6 Å². The van der Waals surface area contributed by atoms with E-state index in [0.29, 0.717) is 18.9 Å². The van der Waals surface area contributed by atoms with Crippen molar-refractivity contribution < 1.29 is 17.9 Å². The summed E-state index contributed by atoms with van der Waals surface area (Å²) in [6.07, 6.45) is 0.449. The molecule has 7 heteroatoms. The summed E-state index contributed by atoms with van der Waals surface area (Å²) in [5.74, 6) is -0.115. The third-order valence-electron chi connectivity index (χ3n) is 1.50. The molecule has 15 heavy (non-hydrogen) atoms. The second-order valence-electron chi connectivity index (χ2n) is 2.81. The lowest BCUT2D eigenvalue weighted by atomic mass is 10.4. The van der Waals surface area contributed by atoms with Crippen molar-refractivity contribution in [3.8, 4) is 0 Å². The molecule has 0 aromatic carbocycles. The number of halogens is 1. The van der Waals surface area contributed by atoms with Crippen LogP contribution in [-0.4, -0.2) is 39.2 Å². The quantitative estimate of drug-likeness (QED) is 0.507. The maximum atomic E-state index is 11.2. The van der Waals surface area contributed by atoms with E-state index in [1.165, 1.54) is 0 Å². The molecule has 0 aliphatic heterocycles. The molecule has 0 radical (unpaired) electrons. The van der Waals surface area contributed by atoms with Crippen LogP contribution in [0.3, 0.4) is 0 Å². The maximum Gasteiger partial charge on any atom is 0.307 e. The van der Waals surface area contributed by atoms with Gasteiger partial charge in [-0.3, -0.25) is 4.79 Å². The monoisotopic (exact) mass is 257 g/mol. The van der Waals surface area contributed by atoms with Crippen LogP contribution in [0.1, 0.15) is 19.8 Å². The Labute approximate surface area is 95.2 Å². The predicted molar refractivity (Wildman–Crippen MR) is 58.4 cm³/mol. The molecular weight excluding hydrogens is 242 g/mol. The fraction of sp³-hybridized carbons (Fsp3) is 0.875. The van der Waals surface area contributed by atoms with E-state index in [9.17, 15) is 13.2 Å². The van der Waals surface area contributed by atoms with Crippen LogP contribution >= 0.6 is 11.6 Å². The number of nitrogens with one attached hydrogen (secondary N) is 1. The Kier molecular flexibility index (Phi) is 7.72. The lowest BCUT2D eigenvalue weighted by Crippen LogP contribution is -2.29. The van der Waals surface area contributed by atoms with Gasteiger partial charge in [-0.05, 0) is 13.3 Å². The van der Waals surface area contributed by atoms with Gasteiger partial charge in [-0.15, -0.1) is 11.6 Å². The minimum absolute atomic E-state index is 0.0146. The van der Waals surface area contributed by atoms with E-state index < -0.39 is 16.0 Å². The highest BCUT2D eigenvalue weighted by Crippen LogP contribution is 1.93. The zero-order chi connectivity index (χ0) is 11.7. The number of hydrogen-bond acceptors (Lipinski definition) is 4. The molecule has 0 fully saturated rings. The van der Waals surface area contributed by atoms with Gasteiger partial charge < -0.3 is 4.74 Å². The Morgan fingerprint density at radius 1 is 1.47 bits per heavy atom. The first-order chi connectivity index (χ1) is 7.02. The summed E-state index contributed by atoms with van der Waals surface area (Å²) in [6, 6.07) is 0. The zero-order valence-electron chi connectivity index (χ0n) is 8.66. The molecule has 0 rings (SSSR count). The van der Waals surface area contributed by atoms with Crippen LogP contribution in [0, 0.1) is 0 Å². The summed E-state index contributed by atoms with van der Waals surface area (Å²) >= 11 is 5.37. The molecule has 5 nitrogen and oxygen atoms in total. The van der Waals surface area contributed by atoms with Gasteiger partial charge in [0, 0.05) is 12.4 Å². The normalized spacial score (nSPS) is 11.3. The molecule has 0 saturated carbocycles. The molecule has 0 unspecified atom stereocenters. The molecule has 0 bridgehead atoms. The van der Waals surface area contributed by atoms with Gasteiger partial charge in [0.05, 0.1) is 18.8 Å². The van der Waals surface area contributed by atoms with Crippen LogP contribution in [0.4, 0.5) is 0 Å². The van der Waals surface area contributed by atoms with Crippen LogP contribution in [0.25, 0.3) is 0 Å². The van der Waals surface area contributed by atoms with Crippen molar-refractivity contribution >= 4 is 27.6 Å². The van der Waals surface area contributed by atoms with Crippen LogP contribution in [0.2, 0.25) is 0 Å². The first-order valence-electron chi connectivity index (χ1n) is 4.70. The summed E-state index contributed by atoms with van der Waals surface area (Å²) < 4.78 is 29.4. The van der Waals surface area contributed by atoms with Gasteiger partial charge in [0.2, 0.25) is 10.0 Å². The maximum absolute atomic E-state index is 11.2. The summed E-state index contributed by atoms with van der Waals surface area (Å²) in [4.78, 5) is 10.9. The number of ether oxygens (including phenoxy) is 1. The highest BCUT2D eigenvalue weighted by molar-refractivity contribution is 7.89. The summed E-state index contributed by atoms with van der Waals surface area (Å²) in [5, 5.41) is 0. The summed E-state index contributed by atoms with van der Waals surface area (Å²) in [5.41, 5.74) is 0. The average molecular weight is 258 g/mol.